The lowest BCUT2D eigenvalue weighted by Gasteiger charge is -2.00. The second kappa shape index (κ2) is 6.90. The molecule has 0 amide bonds. The highest BCUT2D eigenvalue weighted by Crippen LogP contribution is 2.07. The van der Waals surface area contributed by atoms with Crippen molar-refractivity contribution in [1.29, 1.82) is 0 Å². The van der Waals surface area contributed by atoms with Crippen LogP contribution in [0.2, 0.25) is 0 Å². The van der Waals surface area contributed by atoms with E-state index in [0.717, 1.165) is 6.42 Å². The molecule has 0 nitrogen and oxygen atoms in total. The Bertz CT molecular complexity index is 182. The second-order valence-corrected chi connectivity index (χ2v) is 3.19. The van der Waals surface area contributed by atoms with Gasteiger partial charge in [0.25, 0.3) is 0 Å². The summed E-state index contributed by atoms with van der Waals surface area (Å²) in [5.41, 5.74) is 1.36. The van der Waals surface area contributed by atoms with Crippen molar-refractivity contribution in [3.8, 4) is 0 Å². The van der Waals surface area contributed by atoms with Crippen molar-refractivity contribution in [3.05, 3.63) is 36.0 Å². The van der Waals surface area contributed by atoms with Gasteiger partial charge in [0.05, 0.1) is 0 Å². The van der Waals surface area contributed by atoms with Crippen molar-refractivity contribution in [1.82, 2.24) is 0 Å². The van der Waals surface area contributed by atoms with Crippen molar-refractivity contribution in [2.75, 3.05) is 0 Å². The van der Waals surface area contributed by atoms with Crippen LogP contribution in [0, 0.1) is 5.92 Å². The Morgan fingerprint density at radius 2 is 1.92 bits per heavy atom. The van der Waals surface area contributed by atoms with Crippen LogP contribution in [0.4, 0.5) is 0 Å². The highest BCUT2D eigenvalue weighted by molar-refractivity contribution is 5.15. The molecule has 0 saturated heterocycles. The van der Waals surface area contributed by atoms with Crippen molar-refractivity contribution >= 4 is 0 Å². The van der Waals surface area contributed by atoms with Crippen LogP contribution in [0.5, 0.6) is 0 Å². The summed E-state index contributed by atoms with van der Waals surface area (Å²) < 4.78 is 0. The summed E-state index contributed by atoms with van der Waals surface area (Å²) in [4.78, 5) is 0. The Balaban J connectivity index is 3.86. The zero-order valence-electron chi connectivity index (χ0n) is 8.67. The lowest BCUT2D eigenvalue weighted by molar-refractivity contribution is 0.741. The molecule has 0 heterocycles. The fourth-order valence-electron chi connectivity index (χ4n) is 1.11. The monoisotopic (exact) mass is 164 g/mol. The Kier molecular flexibility index (Phi) is 6.45. The van der Waals surface area contributed by atoms with E-state index in [1.807, 2.05) is 6.92 Å². The maximum Gasteiger partial charge on any atom is -0.0227 e. The van der Waals surface area contributed by atoms with Crippen molar-refractivity contribution in [3.63, 3.8) is 0 Å². The topological polar surface area (TPSA) is 0 Å². The number of allylic oxidation sites excluding steroid dienone is 6. The van der Waals surface area contributed by atoms with E-state index >= 15 is 0 Å². The normalized spacial score (nSPS) is 16.2. The second-order valence-electron chi connectivity index (χ2n) is 3.19. The molecule has 0 bridgehead atoms. The lowest BCUT2D eigenvalue weighted by Crippen LogP contribution is -1.85. The zero-order valence-corrected chi connectivity index (χ0v) is 8.67. The summed E-state index contributed by atoms with van der Waals surface area (Å²) in [5.74, 6) is 0.662. The first-order valence-electron chi connectivity index (χ1n) is 4.63. The van der Waals surface area contributed by atoms with E-state index in [2.05, 4.69) is 51.2 Å². The van der Waals surface area contributed by atoms with Gasteiger partial charge in [0.1, 0.15) is 0 Å². The summed E-state index contributed by atoms with van der Waals surface area (Å²) in [6.45, 7) is 8.49. The number of hydrogen-bond donors (Lipinski definition) is 0. The number of hydrogen-bond acceptors (Lipinski definition) is 0. The molecule has 0 heteroatoms. The molecule has 0 aliphatic heterocycles. The first-order chi connectivity index (χ1) is 5.70. The average molecular weight is 164 g/mol. The van der Waals surface area contributed by atoms with E-state index in [1.54, 1.807) is 0 Å². The minimum absolute atomic E-state index is 0.662. The van der Waals surface area contributed by atoms with Gasteiger partial charge in [-0.1, -0.05) is 42.9 Å². The molecule has 0 N–H and O–H groups in total. The highest BCUT2D eigenvalue weighted by Gasteiger charge is 1.91. The minimum Gasteiger partial charge on any atom is -0.0914 e. The molecule has 0 saturated carbocycles. The van der Waals surface area contributed by atoms with Crippen LogP contribution < -0.4 is 0 Å². The Morgan fingerprint density at radius 1 is 1.25 bits per heavy atom. The molecule has 1 unspecified atom stereocenters. The summed E-state index contributed by atoms with van der Waals surface area (Å²) in [5, 5.41) is 0. The van der Waals surface area contributed by atoms with Gasteiger partial charge in [0.15, 0.2) is 0 Å². The summed E-state index contributed by atoms with van der Waals surface area (Å²) in [7, 11) is 0. The molecule has 0 aromatic rings. The van der Waals surface area contributed by atoms with Gasteiger partial charge in [-0.2, -0.15) is 0 Å². The van der Waals surface area contributed by atoms with E-state index < -0.39 is 0 Å². The van der Waals surface area contributed by atoms with Crippen molar-refractivity contribution in [2.24, 2.45) is 5.92 Å². The van der Waals surface area contributed by atoms with Gasteiger partial charge in [0.2, 0.25) is 0 Å². The third-order valence-electron chi connectivity index (χ3n) is 1.76. The molecule has 68 valence electrons. The van der Waals surface area contributed by atoms with Crippen LogP contribution in [-0.4, -0.2) is 0 Å². The van der Waals surface area contributed by atoms with E-state index in [0.29, 0.717) is 5.92 Å². The van der Waals surface area contributed by atoms with E-state index in [4.69, 9.17) is 0 Å². The van der Waals surface area contributed by atoms with Crippen LogP contribution >= 0.6 is 0 Å². The molecule has 0 aliphatic carbocycles. The van der Waals surface area contributed by atoms with Gasteiger partial charge < -0.3 is 0 Å². The summed E-state index contributed by atoms with van der Waals surface area (Å²) in [6, 6.07) is 0. The van der Waals surface area contributed by atoms with Gasteiger partial charge in [-0.25, -0.2) is 0 Å². The van der Waals surface area contributed by atoms with Gasteiger partial charge in [-0.15, -0.1) is 0 Å². The van der Waals surface area contributed by atoms with Gasteiger partial charge in [0, 0.05) is 0 Å². The smallest absolute Gasteiger partial charge is 0.0227 e. The molecule has 0 aromatic carbocycles. The van der Waals surface area contributed by atoms with Gasteiger partial charge in [-0.05, 0) is 33.1 Å². The molecular formula is C12H20. The number of rotatable bonds is 4. The quantitative estimate of drug-likeness (QED) is 0.433. The minimum atomic E-state index is 0.662. The molecular weight excluding hydrogens is 144 g/mol. The fraction of sp³-hybridized carbons (Fsp3) is 0.500. The van der Waals surface area contributed by atoms with Crippen LogP contribution in [0.25, 0.3) is 0 Å². The van der Waals surface area contributed by atoms with Gasteiger partial charge in [-0.3, -0.25) is 0 Å². The highest BCUT2D eigenvalue weighted by atomic mass is 14.0. The maximum absolute atomic E-state index is 2.28. The molecule has 0 aromatic heterocycles. The van der Waals surface area contributed by atoms with E-state index in [9.17, 15) is 0 Å². The Hall–Kier alpha value is -0.780. The van der Waals surface area contributed by atoms with Crippen molar-refractivity contribution in [2.45, 2.75) is 34.1 Å². The fourth-order valence-corrected chi connectivity index (χ4v) is 1.11. The van der Waals surface area contributed by atoms with Crippen molar-refractivity contribution < 1.29 is 0 Å². The first kappa shape index (κ1) is 11.2. The molecule has 0 radical (unpaired) electrons. The molecule has 0 aliphatic rings. The molecule has 1 atom stereocenters. The summed E-state index contributed by atoms with van der Waals surface area (Å²) in [6.07, 6.45) is 12.0. The molecule has 0 spiro atoms. The largest absolute Gasteiger partial charge is 0.0914 e. The van der Waals surface area contributed by atoms with Crippen LogP contribution in [0.3, 0.4) is 0 Å². The van der Waals surface area contributed by atoms with Gasteiger partial charge >= 0.3 is 0 Å². The molecule has 12 heavy (non-hydrogen) atoms. The maximum atomic E-state index is 2.28. The molecule has 0 rings (SSSR count). The predicted molar refractivity (Wildman–Crippen MR) is 57.2 cm³/mol. The third-order valence-corrected chi connectivity index (χ3v) is 1.76. The van der Waals surface area contributed by atoms with Crippen LogP contribution in [0.1, 0.15) is 34.1 Å². The SMILES string of the molecule is C/C=C/C(C)=C/CC(C)/C=C/C. The zero-order chi connectivity index (χ0) is 9.40. The van der Waals surface area contributed by atoms with Crippen LogP contribution in [0.15, 0.2) is 36.0 Å². The predicted octanol–water partition coefficient (Wildman–Crippen LogP) is 4.11. The molecule has 0 fully saturated rings. The summed E-state index contributed by atoms with van der Waals surface area (Å²) >= 11 is 0. The standard InChI is InChI=1S/C12H20/c1-5-7-11(3)9-10-12(4)8-6-2/h5-9,12H,10H2,1-4H3/b7-5+,8-6+,11-9+. The third kappa shape index (κ3) is 5.96. The Labute approximate surface area is 76.7 Å². The average Bonchev–Trinajstić information content (AvgIpc) is 2.02. The first-order valence-corrected chi connectivity index (χ1v) is 4.63. The van der Waals surface area contributed by atoms with E-state index in [1.165, 1.54) is 5.57 Å². The van der Waals surface area contributed by atoms with Crippen LogP contribution in [-0.2, 0) is 0 Å². The Morgan fingerprint density at radius 3 is 2.42 bits per heavy atom. The van der Waals surface area contributed by atoms with E-state index in [-0.39, 0.29) is 0 Å². The lowest BCUT2D eigenvalue weighted by atomic mass is 10.1.